The highest BCUT2D eigenvalue weighted by atomic mass is 32.2. The Morgan fingerprint density at radius 2 is 1.70 bits per heavy atom. The molecule has 0 radical (unpaired) electrons. The minimum atomic E-state index is -0.541. The van der Waals surface area contributed by atoms with Crippen LogP contribution in [-0.2, 0) is 15.3 Å². The Kier molecular flexibility index (Phi) is 7.68. The predicted octanol–water partition coefficient (Wildman–Crippen LogP) is 3.70. The summed E-state index contributed by atoms with van der Waals surface area (Å²) in [6.45, 7) is 3.79. The lowest BCUT2D eigenvalue weighted by Crippen LogP contribution is -2.30. The molecular weight excluding hydrogens is 398 g/mol. The van der Waals surface area contributed by atoms with Crippen LogP contribution >= 0.6 is 11.8 Å². The van der Waals surface area contributed by atoms with Crippen molar-refractivity contribution in [2.75, 3.05) is 18.9 Å². The van der Waals surface area contributed by atoms with E-state index >= 15 is 0 Å². The third-order valence-corrected chi connectivity index (χ3v) is 5.54. The molecule has 0 spiro atoms. The van der Waals surface area contributed by atoms with Gasteiger partial charge in [-0.25, -0.2) is 9.48 Å². The molecule has 0 saturated heterocycles. The molecule has 30 heavy (non-hydrogen) atoms. The molecular formula is C23H25N3O3S. The van der Waals surface area contributed by atoms with Gasteiger partial charge in [-0.2, -0.15) is 16.9 Å². The lowest BCUT2D eigenvalue weighted by atomic mass is 10.2. The van der Waals surface area contributed by atoms with Crippen LogP contribution in [0.25, 0.3) is 5.69 Å². The van der Waals surface area contributed by atoms with E-state index in [4.69, 9.17) is 4.74 Å². The van der Waals surface area contributed by atoms with Crippen LogP contribution in [0.1, 0.15) is 27.3 Å². The van der Waals surface area contributed by atoms with E-state index in [9.17, 15) is 9.59 Å². The maximum atomic E-state index is 12.5. The summed E-state index contributed by atoms with van der Waals surface area (Å²) < 4.78 is 6.92. The molecule has 0 aliphatic carbocycles. The normalized spacial score (nSPS) is 10.6. The molecule has 7 heteroatoms. The average Bonchev–Trinajstić information content (AvgIpc) is 3.07. The second kappa shape index (κ2) is 10.6. The zero-order valence-electron chi connectivity index (χ0n) is 17.1. The van der Waals surface area contributed by atoms with Crippen molar-refractivity contribution in [1.29, 1.82) is 0 Å². The molecule has 3 rings (SSSR count). The summed E-state index contributed by atoms with van der Waals surface area (Å²) in [4.78, 5) is 24.5. The van der Waals surface area contributed by atoms with Crippen LogP contribution in [-0.4, -0.2) is 40.6 Å². The number of para-hydroxylation sites is 1. The Bertz CT molecular complexity index is 988. The van der Waals surface area contributed by atoms with Crippen molar-refractivity contribution in [1.82, 2.24) is 15.1 Å². The van der Waals surface area contributed by atoms with Gasteiger partial charge in [0.05, 0.1) is 17.1 Å². The summed E-state index contributed by atoms with van der Waals surface area (Å²) >= 11 is 1.74. The number of ether oxygens (including phenoxy) is 1. The van der Waals surface area contributed by atoms with Gasteiger partial charge in [0, 0.05) is 18.1 Å². The van der Waals surface area contributed by atoms with Gasteiger partial charge in [0.2, 0.25) is 0 Å². The fourth-order valence-electron chi connectivity index (χ4n) is 3.04. The third kappa shape index (κ3) is 5.73. The van der Waals surface area contributed by atoms with Crippen LogP contribution < -0.4 is 5.32 Å². The first-order chi connectivity index (χ1) is 14.6. The number of thioether (sulfide) groups is 1. The maximum absolute atomic E-state index is 12.5. The summed E-state index contributed by atoms with van der Waals surface area (Å²) in [6.07, 6.45) is 0. The van der Waals surface area contributed by atoms with Crippen molar-refractivity contribution < 1.29 is 14.3 Å². The number of esters is 1. The number of carbonyl (C=O) groups is 2. The Hall–Kier alpha value is -3.06. The smallest absolute Gasteiger partial charge is 0.342 e. The number of carbonyl (C=O) groups excluding carboxylic acids is 2. The third-order valence-electron chi connectivity index (χ3n) is 4.51. The van der Waals surface area contributed by atoms with E-state index < -0.39 is 5.97 Å². The van der Waals surface area contributed by atoms with E-state index in [2.05, 4.69) is 22.5 Å². The molecule has 2 aromatic carbocycles. The van der Waals surface area contributed by atoms with Gasteiger partial charge in [-0.05, 0) is 31.5 Å². The molecule has 0 bridgehead atoms. The largest absolute Gasteiger partial charge is 0.452 e. The SMILES string of the molecule is Cc1nn(-c2ccccc2)c(C)c1C(=O)OCC(=O)NCCSCc1ccccc1. The van der Waals surface area contributed by atoms with Crippen LogP contribution in [0.2, 0.25) is 0 Å². The van der Waals surface area contributed by atoms with E-state index in [1.165, 1.54) is 5.56 Å². The van der Waals surface area contributed by atoms with Crippen LogP contribution in [0.5, 0.6) is 0 Å². The number of aromatic nitrogens is 2. The number of hydrogen-bond acceptors (Lipinski definition) is 5. The predicted molar refractivity (Wildman–Crippen MR) is 119 cm³/mol. The number of hydrogen-bond donors (Lipinski definition) is 1. The van der Waals surface area contributed by atoms with Crippen molar-refractivity contribution in [2.45, 2.75) is 19.6 Å². The zero-order valence-corrected chi connectivity index (χ0v) is 17.9. The van der Waals surface area contributed by atoms with Gasteiger partial charge < -0.3 is 10.1 Å². The molecule has 0 aliphatic heterocycles. The number of nitrogens with zero attached hydrogens (tertiary/aromatic N) is 2. The summed E-state index contributed by atoms with van der Waals surface area (Å²) in [6, 6.07) is 19.7. The van der Waals surface area contributed by atoms with Crippen LogP contribution in [0, 0.1) is 13.8 Å². The Morgan fingerprint density at radius 3 is 2.40 bits per heavy atom. The molecule has 0 fully saturated rings. The van der Waals surface area contributed by atoms with Crippen molar-refractivity contribution in [3.63, 3.8) is 0 Å². The van der Waals surface area contributed by atoms with Gasteiger partial charge in [-0.3, -0.25) is 4.79 Å². The summed E-state index contributed by atoms with van der Waals surface area (Å²) in [7, 11) is 0. The quantitative estimate of drug-likeness (QED) is 0.420. The maximum Gasteiger partial charge on any atom is 0.342 e. The van der Waals surface area contributed by atoms with Crippen molar-refractivity contribution in [3.8, 4) is 5.69 Å². The first-order valence-corrected chi connectivity index (χ1v) is 10.9. The second-order valence-electron chi connectivity index (χ2n) is 6.76. The van der Waals surface area contributed by atoms with Gasteiger partial charge in [-0.15, -0.1) is 0 Å². The topological polar surface area (TPSA) is 73.2 Å². The van der Waals surface area contributed by atoms with E-state index in [1.807, 2.05) is 55.5 Å². The van der Waals surface area contributed by atoms with Gasteiger partial charge >= 0.3 is 5.97 Å². The van der Waals surface area contributed by atoms with E-state index in [0.29, 0.717) is 23.5 Å². The van der Waals surface area contributed by atoms with Crippen LogP contribution in [0.15, 0.2) is 60.7 Å². The first kappa shape index (κ1) is 21.6. The number of nitrogens with one attached hydrogen (secondary N) is 1. The number of aryl methyl sites for hydroxylation is 1. The standard InChI is InChI=1S/C23H25N3O3S/c1-17-22(18(2)26(25-17)20-11-7-4-8-12-20)23(28)29-15-21(27)24-13-14-30-16-19-9-5-3-6-10-19/h3-12H,13-16H2,1-2H3,(H,24,27). The van der Waals surface area contributed by atoms with Crippen molar-refractivity contribution in [3.05, 3.63) is 83.2 Å². The van der Waals surface area contributed by atoms with Crippen molar-refractivity contribution >= 4 is 23.6 Å². The lowest BCUT2D eigenvalue weighted by Gasteiger charge is -2.07. The minimum Gasteiger partial charge on any atom is -0.452 e. The number of amides is 1. The van der Waals surface area contributed by atoms with Crippen LogP contribution in [0.4, 0.5) is 0 Å². The molecule has 1 aromatic heterocycles. The second-order valence-corrected chi connectivity index (χ2v) is 7.86. The molecule has 0 saturated carbocycles. The molecule has 1 N–H and O–H groups in total. The van der Waals surface area contributed by atoms with Gasteiger partial charge in [0.25, 0.3) is 5.91 Å². The molecule has 1 amide bonds. The summed E-state index contributed by atoms with van der Waals surface area (Å²) in [5.74, 6) is 0.835. The molecule has 156 valence electrons. The molecule has 0 atom stereocenters. The summed E-state index contributed by atoms with van der Waals surface area (Å²) in [5, 5.41) is 7.21. The highest BCUT2D eigenvalue weighted by Gasteiger charge is 2.21. The zero-order chi connectivity index (χ0) is 21.3. The van der Waals surface area contributed by atoms with E-state index in [1.54, 1.807) is 23.4 Å². The highest BCUT2D eigenvalue weighted by Crippen LogP contribution is 2.18. The number of benzene rings is 2. The van der Waals surface area contributed by atoms with Crippen LogP contribution in [0.3, 0.4) is 0 Å². The van der Waals surface area contributed by atoms with Gasteiger partial charge in [0.1, 0.15) is 5.56 Å². The minimum absolute atomic E-state index is 0.308. The van der Waals surface area contributed by atoms with Gasteiger partial charge in [0.15, 0.2) is 6.61 Å². The Balaban J connectivity index is 1.44. The molecule has 0 aliphatic rings. The van der Waals surface area contributed by atoms with E-state index in [0.717, 1.165) is 17.2 Å². The van der Waals surface area contributed by atoms with Gasteiger partial charge in [-0.1, -0.05) is 48.5 Å². The lowest BCUT2D eigenvalue weighted by molar-refractivity contribution is -0.124. The monoisotopic (exact) mass is 423 g/mol. The molecule has 3 aromatic rings. The Morgan fingerprint density at radius 1 is 1.03 bits per heavy atom. The summed E-state index contributed by atoms with van der Waals surface area (Å²) in [5.41, 5.74) is 3.76. The van der Waals surface area contributed by atoms with E-state index in [-0.39, 0.29) is 12.5 Å². The Labute approximate surface area is 180 Å². The van der Waals surface area contributed by atoms with Crippen molar-refractivity contribution in [2.24, 2.45) is 0 Å². The fourth-order valence-corrected chi connectivity index (χ4v) is 3.86. The number of rotatable bonds is 9. The molecule has 0 unspecified atom stereocenters. The molecule has 1 heterocycles. The first-order valence-electron chi connectivity index (χ1n) is 9.73. The molecule has 6 nitrogen and oxygen atoms in total. The highest BCUT2D eigenvalue weighted by molar-refractivity contribution is 7.98. The average molecular weight is 424 g/mol. The fraction of sp³-hybridized carbons (Fsp3) is 0.261.